The van der Waals surface area contributed by atoms with Gasteiger partial charge in [0.15, 0.2) is 5.69 Å². The molecule has 1 aliphatic carbocycles. The van der Waals surface area contributed by atoms with Gasteiger partial charge in [-0.25, -0.2) is 0 Å². The van der Waals surface area contributed by atoms with Crippen molar-refractivity contribution in [2.45, 2.75) is 77.0 Å². The van der Waals surface area contributed by atoms with Crippen molar-refractivity contribution in [3.05, 3.63) is 47.3 Å². The summed E-state index contributed by atoms with van der Waals surface area (Å²) >= 11 is 0. The van der Waals surface area contributed by atoms with Crippen molar-refractivity contribution in [1.82, 2.24) is 25.3 Å². The van der Waals surface area contributed by atoms with Crippen LogP contribution in [-0.2, 0) is 17.9 Å². The summed E-state index contributed by atoms with van der Waals surface area (Å²) in [5.74, 6) is -0.187. The van der Waals surface area contributed by atoms with Crippen molar-refractivity contribution in [3.8, 4) is 5.75 Å². The third-order valence-corrected chi connectivity index (χ3v) is 7.13. The molecule has 0 saturated heterocycles. The summed E-state index contributed by atoms with van der Waals surface area (Å²) < 4.78 is 7.10. The number of para-hydroxylation sites is 1. The zero-order valence-electron chi connectivity index (χ0n) is 20.8. The summed E-state index contributed by atoms with van der Waals surface area (Å²) in [6.45, 7) is 4.65. The third kappa shape index (κ3) is 5.18. The maximum atomic E-state index is 13.3. The molecule has 2 aromatic rings. The molecular weight excluding hydrogens is 446 g/mol. The van der Waals surface area contributed by atoms with E-state index in [1.165, 1.54) is 28.5 Å². The molecule has 35 heavy (non-hydrogen) atoms. The van der Waals surface area contributed by atoms with Crippen LogP contribution in [0, 0.1) is 0 Å². The van der Waals surface area contributed by atoms with Gasteiger partial charge < -0.3 is 20.3 Å². The number of rotatable bonds is 7. The molecule has 0 spiro atoms. The summed E-state index contributed by atoms with van der Waals surface area (Å²) in [6, 6.07) is 9.13. The molecule has 3 amide bonds. The van der Waals surface area contributed by atoms with Crippen LogP contribution in [0.15, 0.2) is 30.3 Å². The van der Waals surface area contributed by atoms with Crippen molar-refractivity contribution in [2.24, 2.45) is 0 Å². The quantitative estimate of drug-likeness (QED) is 0.592. The Kier molecular flexibility index (Phi) is 7.42. The molecule has 188 valence electrons. The summed E-state index contributed by atoms with van der Waals surface area (Å²) in [4.78, 5) is 40.8. The van der Waals surface area contributed by atoms with Crippen LogP contribution < -0.4 is 15.4 Å². The van der Waals surface area contributed by atoms with Gasteiger partial charge in [-0.2, -0.15) is 5.10 Å². The Morgan fingerprint density at radius 3 is 2.60 bits per heavy atom. The number of ether oxygens (including phenoxy) is 1. The number of carbonyl (C=O) groups excluding carboxylic acids is 3. The predicted molar refractivity (Wildman–Crippen MR) is 131 cm³/mol. The average molecular weight is 482 g/mol. The Morgan fingerprint density at radius 1 is 1.17 bits per heavy atom. The van der Waals surface area contributed by atoms with E-state index in [4.69, 9.17) is 4.74 Å². The van der Waals surface area contributed by atoms with Gasteiger partial charge in [0.25, 0.3) is 11.8 Å². The first-order chi connectivity index (χ1) is 16.8. The smallest absolute Gasteiger partial charge is 0.272 e. The highest BCUT2D eigenvalue weighted by atomic mass is 16.5. The maximum Gasteiger partial charge on any atom is 0.272 e. The van der Waals surface area contributed by atoms with Crippen molar-refractivity contribution in [3.63, 3.8) is 0 Å². The van der Waals surface area contributed by atoms with E-state index in [1.807, 2.05) is 31.2 Å². The monoisotopic (exact) mass is 481 g/mol. The molecule has 1 unspecified atom stereocenters. The van der Waals surface area contributed by atoms with Gasteiger partial charge in [-0.05, 0) is 32.8 Å². The number of benzene rings is 1. The minimum atomic E-state index is -1.09. The van der Waals surface area contributed by atoms with Gasteiger partial charge in [-0.15, -0.1) is 0 Å². The largest absolute Gasteiger partial charge is 0.494 e. The average Bonchev–Trinajstić information content (AvgIpc) is 3.10. The minimum absolute atomic E-state index is 0.130. The fraction of sp³-hybridized carbons (Fsp3) is 0.538. The fourth-order valence-corrected chi connectivity index (χ4v) is 4.82. The highest BCUT2D eigenvalue weighted by molar-refractivity contribution is 6.01. The Labute approximate surface area is 206 Å². The Hall–Kier alpha value is -3.36. The van der Waals surface area contributed by atoms with Crippen molar-refractivity contribution < 1.29 is 19.1 Å². The summed E-state index contributed by atoms with van der Waals surface area (Å²) in [5.41, 5.74) is 0.202. The number of amides is 3. The molecule has 9 nitrogen and oxygen atoms in total. The van der Waals surface area contributed by atoms with Gasteiger partial charge in [-0.1, -0.05) is 43.9 Å². The Bertz CT molecular complexity index is 1090. The van der Waals surface area contributed by atoms with Crippen molar-refractivity contribution >= 4 is 17.7 Å². The van der Waals surface area contributed by atoms with Crippen LogP contribution in [0.1, 0.15) is 78.9 Å². The van der Waals surface area contributed by atoms with Gasteiger partial charge in [0.1, 0.15) is 17.0 Å². The van der Waals surface area contributed by atoms with Gasteiger partial charge in [-0.3, -0.25) is 19.1 Å². The molecule has 1 aliphatic heterocycles. The summed E-state index contributed by atoms with van der Waals surface area (Å²) in [5, 5.41) is 10.4. The molecule has 1 saturated carbocycles. The van der Waals surface area contributed by atoms with Crippen LogP contribution in [0.5, 0.6) is 5.75 Å². The van der Waals surface area contributed by atoms with E-state index in [1.54, 1.807) is 14.0 Å². The number of nitrogens with one attached hydrogen (secondary N) is 2. The number of hydrogen-bond donors (Lipinski definition) is 2. The van der Waals surface area contributed by atoms with Crippen LogP contribution in [0.4, 0.5) is 0 Å². The first-order valence-corrected chi connectivity index (χ1v) is 12.5. The van der Waals surface area contributed by atoms with Gasteiger partial charge >= 0.3 is 0 Å². The first kappa shape index (κ1) is 24.8. The second kappa shape index (κ2) is 10.5. The van der Waals surface area contributed by atoms with E-state index in [0.29, 0.717) is 18.1 Å². The zero-order valence-corrected chi connectivity index (χ0v) is 20.8. The van der Waals surface area contributed by atoms with E-state index in [9.17, 15) is 14.4 Å². The summed E-state index contributed by atoms with van der Waals surface area (Å²) in [6.07, 6.45) is 6.52. The van der Waals surface area contributed by atoms with E-state index in [-0.39, 0.29) is 36.6 Å². The maximum absolute atomic E-state index is 13.3. The normalized spacial score (nSPS) is 20.7. The van der Waals surface area contributed by atoms with Gasteiger partial charge in [0, 0.05) is 31.3 Å². The number of hydrogen-bond acceptors (Lipinski definition) is 5. The number of nitrogens with zero attached hydrogens (tertiary/aromatic N) is 3. The second-order valence-corrected chi connectivity index (χ2v) is 9.60. The van der Waals surface area contributed by atoms with E-state index in [0.717, 1.165) is 31.2 Å². The zero-order chi connectivity index (χ0) is 25.0. The minimum Gasteiger partial charge on any atom is -0.494 e. The van der Waals surface area contributed by atoms with Gasteiger partial charge in [0.2, 0.25) is 5.91 Å². The van der Waals surface area contributed by atoms with Crippen molar-refractivity contribution in [2.75, 3.05) is 13.7 Å². The van der Waals surface area contributed by atoms with Crippen LogP contribution >= 0.6 is 0 Å². The lowest BCUT2D eigenvalue weighted by Crippen LogP contribution is -2.63. The van der Waals surface area contributed by atoms with E-state index in [2.05, 4.69) is 15.7 Å². The lowest BCUT2D eigenvalue weighted by Gasteiger charge is -2.41. The predicted octanol–water partition coefficient (Wildman–Crippen LogP) is 2.90. The Balaban J connectivity index is 1.47. The molecule has 9 heteroatoms. The number of likely N-dealkylation sites (N-methyl/N-ethyl adjacent to an activating group) is 1. The molecule has 2 N–H and O–H groups in total. The van der Waals surface area contributed by atoms with Crippen LogP contribution in [0.2, 0.25) is 0 Å². The second-order valence-electron chi connectivity index (χ2n) is 9.60. The van der Waals surface area contributed by atoms with Crippen molar-refractivity contribution in [1.29, 1.82) is 0 Å². The third-order valence-electron chi connectivity index (χ3n) is 7.13. The highest BCUT2D eigenvalue weighted by Gasteiger charge is 2.46. The number of aromatic nitrogens is 2. The molecular formula is C26H35N5O4. The van der Waals surface area contributed by atoms with Crippen LogP contribution in [0.25, 0.3) is 0 Å². The standard InChI is InChI=1S/C26H35N5O4/c1-4-35-22-14-10-9-11-18(22)16-27-23(32)20-15-21-24(33)30(3)26(2,17-31(21)29-20)25(34)28-19-12-7-5-6-8-13-19/h9-11,14-15,19H,4-8,12-13,16-17H2,1-3H3,(H,27,32)(H,28,34). The summed E-state index contributed by atoms with van der Waals surface area (Å²) in [7, 11) is 1.63. The highest BCUT2D eigenvalue weighted by Crippen LogP contribution is 2.27. The molecule has 4 rings (SSSR count). The molecule has 2 aliphatic rings. The van der Waals surface area contributed by atoms with Crippen LogP contribution in [-0.4, -0.2) is 57.6 Å². The van der Waals surface area contributed by atoms with E-state index >= 15 is 0 Å². The molecule has 1 fully saturated rings. The number of fused-ring (bicyclic) bond motifs is 1. The fourth-order valence-electron chi connectivity index (χ4n) is 4.82. The van der Waals surface area contributed by atoms with E-state index < -0.39 is 11.4 Å². The lowest BCUT2D eigenvalue weighted by molar-refractivity contribution is -0.133. The topological polar surface area (TPSA) is 106 Å². The molecule has 0 bridgehead atoms. The van der Waals surface area contributed by atoms with Gasteiger partial charge in [0.05, 0.1) is 13.2 Å². The molecule has 0 radical (unpaired) electrons. The molecule has 1 aromatic heterocycles. The van der Waals surface area contributed by atoms with Crippen LogP contribution in [0.3, 0.4) is 0 Å². The number of carbonyl (C=O) groups is 3. The molecule has 1 atom stereocenters. The first-order valence-electron chi connectivity index (χ1n) is 12.5. The molecule has 2 heterocycles. The molecule has 1 aromatic carbocycles. The SMILES string of the molecule is CCOc1ccccc1CNC(=O)c1cc2n(n1)CC(C)(C(=O)NC1CCCCCC1)N(C)C2=O. The Morgan fingerprint density at radius 2 is 1.89 bits per heavy atom. The lowest BCUT2D eigenvalue weighted by atomic mass is 9.95.